The van der Waals surface area contributed by atoms with Crippen LogP contribution >= 0.6 is 0 Å². The summed E-state index contributed by atoms with van der Waals surface area (Å²) in [6.45, 7) is 13.4. The topological polar surface area (TPSA) is 57.2 Å². The van der Waals surface area contributed by atoms with E-state index < -0.39 is 41.3 Å². The maximum Gasteiger partial charge on any atom is 0.144 e. The van der Waals surface area contributed by atoms with Crippen LogP contribution in [0.5, 0.6) is 0 Å². The molecule has 0 N–H and O–H groups in total. The number of alkyl halides is 3. The van der Waals surface area contributed by atoms with Crippen LogP contribution in [0.25, 0.3) is 0 Å². The van der Waals surface area contributed by atoms with E-state index in [0.717, 1.165) is 0 Å². The van der Waals surface area contributed by atoms with Crippen LogP contribution in [0.1, 0.15) is 40.5 Å². The Hall–Kier alpha value is -0.340. The summed E-state index contributed by atoms with van der Waals surface area (Å²) in [6, 6.07) is 0. The van der Waals surface area contributed by atoms with Gasteiger partial charge in [-0.05, 0) is 40.5 Å². The van der Waals surface area contributed by atoms with Gasteiger partial charge in [0.15, 0.2) is 0 Å². The summed E-state index contributed by atoms with van der Waals surface area (Å²) in [6.07, 6.45) is -5.03. The molecule has 0 amide bonds. The first kappa shape index (κ1) is 23.9. The van der Waals surface area contributed by atoms with Crippen LogP contribution in [-0.2, 0) is 10.1 Å². The first-order valence-corrected chi connectivity index (χ1v) is 9.31. The number of hydrogen-bond acceptors (Lipinski definition) is 3. The maximum absolute atomic E-state index is 12.6. The lowest BCUT2D eigenvalue weighted by atomic mass is 10.1. The molecule has 0 heterocycles. The molecular weight excluding hydrogens is 319 g/mol. The zero-order valence-electron chi connectivity index (χ0n) is 14.0. The van der Waals surface area contributed by atoms with E-state index in [-0.39, 0.29) is 6.42 Å². The van der Waals surface area contributed by atoms with Gasteiger partial charge in [0.1, 0.15) is 12.3 Å². The summed E-state index contributed by atoms with van der Waals surface area (Å²) in [7, 11) is -4.75. The number of hydrogen-bond donors (Lipinski definition) is 0. The van der Waals surface area contributed by atoms with E-state index in [1.54, 1.807) is 0 Å². The summed E-state index contributed by atoms with van der Waals surface area (Å²) in [5.41, 5.74) is 0. The van der Waals surface area contributed by atoms with Gasteiger partial charge in [-0.3, -0.25) is 4.39 Å². The molecule has 22 heavy (non-hydrogen) atoms. The van der Waals surface area contributed by atoms with Gasteiger partial charge in [0, 0.05) is 0 Å². The Labute approximate surface area is 133 Å². The first-order chi connectivity index (χ1) is 10.1. The number of rotatable bonds is 10. The summed E-state index contributed by atoms with van der Waals surface area (Å²) in [4.78, 5) is 0. The second kappa shape index (κ2) is 12.1. The highest BCUT2D eigenvalue weighted by Gasteiger charge is 2.22. The minimum Gasteiger partial charge on any atom is -0.748 e. The molecule has 2 unspecified atom stereocenters. The van der Waals surface area contributed by atoms with Crippen LogP contribution in [0.15, 0.2) is 0 Å². The van der Waals surface area contributed by atoms with Crippen LogP contribution in [0.4, 0.5) is 13.2 Å². The predicted octanol–water partition coefficient (Wildman–Crippen LogP) is 2.84. The maximum atomic E-state index is 12.6. The molecule has 0 aromatic rings. The Balaban J connectivity index is 0. The first-order valence-electron chi connectivity index (χ1n) is 7.74. The molecule has 0 radical (unpaired) electrons. The lowest BCUT2D eigenvalue weighted by molar-refractivity contribution is -0.921. The van der Waals surface area contributed by atoms with Crippen molar-refractivity contribution < 1.29 is 30.6 Å². The van der Waals surface area contributed by atoms with Gasteiger partial charge in [-0.1, -0.05) is 0 Å². The van der Waals surface area contributed by atoms with Crippen molar-refractivity contribution in [2.75, 3.05) is 38.6 Å². The minimum absolute atomic E-state index is 0.180. The molecule has 0 bridgehead atoms. The van der Waals surface area contributed by atoms with Gasteiger partial charge < -0.3 is 9.04 Å². The Morgan fingerprint density at radius 3 is 1.59 bits per heavy atom. The van der Waals surface area contributed by atoms with Crippen LogP contribution in [0, 0.1) is 0 Å². The lowest BCUT2D eigenvalue weighted by Gasteiger charge is -2.34. The molecule has 2 atom stereocenters. The zero-order chi connectivity index (χ0) is 17.8. The van der Waals surface area contributed by atoms with Crippen molar-refractivity contribution in [3.05, 3.63) is 0 Å². The lowest BCUT2D eigenvalue weighted by Crippen LogP contribution is -2.47. The fourth-order valence-corrected chi connectivity index (χ4v) is 2.69. The van der Waals surface area contributed by atoms with Gasteiger partial charge in [0.05, 0.1) is 48.7 Å². The fourth-order valence-electron chi connectivity index (χ4n) is 2.09. The van der Waals surface area contributed by atoms with Crippen molar-refractivity contribution in [1.82, 2.24) is 0 Å². The van der Waals surface area contributed by atoms with E-state index in [1.165, 1.54) is 30.7 Å². The Kier molecular flexibility index (Phi) is 13.2. The second-order valence-corrected chi connectivity index (χ2v) is 6.64. The molecule has 0 fully saturated rings. The van der Waals surface area contributed by atoms with Crippen molar-refractivity contribution in [3.8, 4) is 0 Å². The van der Waals surface area contributed by atoms with E-state index in [1.807, 2.05) is 0 Å². The smallest absolute Gasteiger partial charge is 0.144 e. The highest BCUT2D eigenvalue weighted by Crippen LogP contribution is 2.12. The number of quaternary nitrogens is 1. The van der Waals surface area contributed by atoms with E-state index >= 15 is 0 Å². The summed E-state index contributed by atoms with van der Waals surface area (Å²) < 4.78 is 67.8. The predicted molar refractivity (Wildman–Crippen MR) is 82.0 cm³/mol. The molecule has 136 valence electrons. The molecule has 0 rings (SSSR count). The molecule has 0 aliphatic heterocycles. The summed E-state index contributed by atoms with van der Waals surface area (Å²) >= 11 is 0. The van der Waals surface area contributed by atoms with Gasteiger partial charge >= 0.3 is 0 Å². The van der Waals surface area contributed by atoms with Gasteiger partial charge in [-0.2, -0.15) is 0 Å². The standard InChI is InChI=1S/C8H20N.C6H11F3O3S/c1-5-9(6-2,7-3)8-4;7-3-1-2-5(8)6(9)4-13(10,11)12/h5-8H2,1-4H3;5-6H,1-4H2,(H,10,11,12)/q+1;/p-1. The van der Waals surface area contributed by atoms with Crippen LogP contribution in [0.2, 0.25) is 0 Å². The third-order valence-electron chi connectivity index (χ3n) is 4.05. The quantitative estimate of drug-likeness (QED) is 0.450. The highest BCUT2D eigenvalue weighted by atomic mass is 32.2. The van der Waals surface area contributed by atoms with Crippen LogP contribution < -0.4 is 0 Å². The fraction of sp³-hybridized carbons (Fsp3) is 1.00. The monoisotopic (exact) mass is 349 g/mol. The van der Waals surface area contributed by atoms with Gasteiger partial charge in [0.25, 0.3) is 0 Å². The van der Waals surface area contributed by atoms with Gasteiger partial charge in [0.2, 0.25) is 0 Å². The van der Waals surface area contributed by atoms with Crippen molar-refractivity contribution in [3.63, 3.8) is 0 Å². The largest absolute Gasteiger partial charge is 0.748 e. The van der Waals surface area contributed by atoms with E-state index in [9.17, 15) is 26.1 Å². The molecule has 4 nitrogen and oxygen atoms in total. The normalized spacial score (nSPS) is 14.9. The SMILES string of the molecule is CC[N+](CC)(CC)CC.O=S(=O)([O-])CC(F)C(F)CCCF. The van der Waals surface area contributed by atoms with Crippen molar-refractivity contribution in [2.45, 2.75) is 52.9 Å². The van der Waals surface area contributed by atoms with Crippen molar-refractivity contribution >= 4 is 10.1 Å². The molecule has 8 heteroatoms. The minimum atomic E-state index is -4.75. The third kappa shape index (κ3) is 11.3. The van der Waals surface area contributed by atoms with Gasteiger partial charge in [-0.15, -0.1) is 0 Å². The van der Waals surface area contributed by atoms with Crippen molar-refractivity contribution in [2.24, 2.45) is 0 Å². The van der Waals surface area contributed by atoms with Crippen LogP contribution in [0.3, 0.4) is 0 Å². The summed E-state index contributed by atoms with van der Waals surface area (Å²) in [5.74, 6) is -1.39. The molecule has 0 aromatic heterocycles. The number of nitrogens with zero attached hydrogens (tertiary/aromatic N) is 1. The van der Waals surface area contributed by atoms with Gasteiger partial charge in [-0.25, -0.2) is 17.2 Å². The van der Waals surface area contributed by atoms with Crippen LogP contribution in [-0.4, -0.2) is 68.4 Å². The highest BCUT2D eigenvalue weighted by molar-refractivity contribution is 7.85. The molecule has 0 saturated carbocycles. The zero-order valence-corrected chi connectivity index (χ0v) is 14.8. The third-order valence-corrected chi connectivity index (χ3v) is 4.78. The number of halogens is 3. The van der Waals surface area contributed by atoms with Crippen molar-refractivity contribution in [1.29, 1.82) is 0 Å². The van der Waals surface area contributed by atoms with E-state index in [0.29, 0.717) is 0 Å². The molecule has 0 spiro atoms. The Bertz CT molecular complexity index is 345. The molecular formula is C14H30F3NO3S. The molecule has 0 aliphatic carbocycles. The summed E-state index contributed by atoms with van der Waals surface area (Å²) in [5, 5.41) is 0. The van der Waals surface area contributed by atoms with E-state index in [4.69, 9.17) is 0 Å². The average Bonchev–Trinajstić information content (AvgIpc) is 2.46. The Morgan fingerprint density at radius 1 is 0.955 bits per heavy atom. The van der Waals surface area contributed by atoms with E-state index in [2.05, 4.69) is 27.7 Å². The molecule has 0 aromatic carbocycles. The average molecular weight is 349 g/mol. The molecule has 0 aliphatic rings. The second-order valence-electron chi connectivity index (χ2n) is 5.19. The molecule has 0 saturated heterocycles. The Morgan fingerprint density at radius 2 is 1.36 bits per heavy atom.